The highest BCUT2D eigenvalue weighted by Crippen LogP contribution is 2.30. The van der Waals surface area contributed by atoms with Crippen LogP contribution in [-0.2, 0) is 21.2 Å². The number of anilines is 3. The maximum atomic E-state index is 13.7. The number of sulfonamides is 1. The van der Waals surface area contributed by atoms with Gasteiger partial charge in [-0.25, -0.2) is 17.5 Å². The van der Waals surface area contributed by atoms with Crippen LogP contribution in [0.15, 0.2) is 57.9 Å². The molecule has 0 spiro atoms. The maximum Gasteiger partial charge on any atom is 0.264 e. The maximum absolute atomic E-state index is 13.7. The van der Waals surface area contributed by atoms with Crippen molar-refractivity contribution in [3.05, 3.63) is 65.6 Å². The first-order chi connectivity index (χ1) is 17.7. The third kappa shape index (κ3) is 5.27. The molecule has 196 valence electrons. The Morgan fingerprint density at radius 2 is 1.78 bits per heavy atom. The van der Waals surface area contributed by atoms with Crippen LogP contribution in [0.3, 0.4) is 0 Å². The van der Waals surface area contributed by atoms with Gasteiger partial charge in [0.2, 0.25) is 11.8 Å². The van der Waals surface area contributed by atoms with Crippen molar-refractivity contribution in [2.45, 2.75) is 37.6 Å². The SMILES string of the molecule is Cc1cc(NS(=O)(=O)c2ccc(N3CCN(C(=O)[C@@H](C)N4CCCc5cc(F)ccc54)CC3)cc2)on1. The van der Waals surface area contributed by atoms with Crippen LogP contribution >= 0.6 is 0 Å². The van der Waals surface area contributed by atoms with Crippen LogP contribution in [0.4, 0.5) is 21.6 Å². The average Bonchev–Trinajstić information content (AvgIpc) is 3.31. The molecule has 5 rings (SSSR count). The summed E-state index contributed by atoms with van der Waals surface area (Å²) in [4.78, 5) is 19.5. The van der Waals surface area contributed by atoms with E-state index in [4.69, 9.17) is 4.52 Å². The normalized spacial score (nSPS) is 16.9. The minimum absolute atomic E-state index is 0.0620. The second-order valence-electron chi connectivity index (χ2n) is 9.49. The molecular formula is C26H30FN5O4S. The van der Waals surface area contributed by atoms with E-state index in [-0.39, 0.29) is 28.5 Å². The number of halogens is 1. The predicted octanol–water partition coefficient (Wildman–Crippen LogP) is 3.41. The first-order valence-corrected chi connectivity index (χ1v) is 13.8. The van der Waals surface area contributed by atoms with E-state index in [1.165, 1.54) is 12.1 Å². The molecule has 0 aliphatic carbocycles. The summed E-state index contributed by atoms with van der Waals surface area (Å²) in [5.74, 6) is -0.119. The molecule has 1 aromatic heterocycles. The van der Waals surface area contributed by atoms with Crippen LogP contribution in [0, 0.1) is 12.7 Å². The number of aryl methyl sites for hydroxylation is 2. The minimum Gasteiger partial charge on any atom is -0.368 e. The molecule has 2 aliphatic heterocycles. The lowest BCUT2D eigenvalue weighted by molar-refractivity contribution is -0.132. The van der Waals surface area contributed by atoms with E-state index >= 15 is 0 Å². The summed E-state index contributed by atoms with van der Waals surface area (Å²) < 4.78 is 46.3. The van der Waals surface area contributed by atoms with Gasteiger partial charge in [0.25, 0.3) is 10.0 Å². The first-order valence-electron chi connectivity index (χ1n) is 12.4. The van der Waals surface area contributed by atoms with Crippen molar-refractivity contribution in [2.75, 3.05) is 47.2 Å². The number of aromatic nitrogens is 1. The summed E-state index contributed by atoms with van der Waals surface area (Å²) in [6, 6.07) is 12.6. The zero-order chi connectivity index (χ0) is 26.2. The van der Waals surface area contributed by atoms with E-state index in [0.29, 0.717) is 31.9 Å². The Hall–Kier alpha value is -3.60. The number of rotatable bonds is 6. The van der Waals surface area contributed by atoms with Gasteiger partial charge in [0.05, 0.1) is 10.6 Å². The van der Waals surface area contributed by atoms with E-state index in [1.807, 2.05) is 11.8 Å². The van der Waals surface area contributed by atoms with Crippen LogP contribution in [0.25, 0.3) is 0 Å². The van der Waals surface area contributed by atoms with Crippen molar-refractivity contribution >= 4 is 33.2 Å². The lowest BCUT2D eigenvalue weighted by Gasteiger charge is -2.41. The smallest absolute Gasteiger partial charge is 0.264 e. The summed E-state index contributed by atoms with van der Waals surface area (Å²) in [5, 5.41) is 3.69. The van der Waals surface area contributed by atoms with Gasteiger partial charge >= 0.3 is 0 Å². The fourth-order valence-corrected chi connectivity index (χ4v) is 5.99. The molecule has 37 heavy (non-hydrogen) atoms. The topological polar surface area (TPSA) is 99.0 Å². The fraction of sp³-hybridized carbons (Fsp3) is 0.385. The van der Waals surface area contributed by atoms with Gasteiger partial charge in [0, 0.05) is 50.2 Å². The molecule has 2 aliphatic rings. The Balaban J connectivity index is 1.19. The molecule has 11 heteroatoms. The van der Waals surface area contributed by atoms with Gasteiger partial charge in [-0.15, -0.1) is 0 Å². The monoisotopic (exact) mass is 527 g/mol. The highest BCUT2D eigenvalue weighted by atomic mass is 32.2. The second kappa shape index (κ2) is 10.0. The Kier molecular flexibility index (Phi) is 6.80. The summed E-state index contributed by atoms with van der Waals surface area (Å²) >= 11 is 0. The zero-order valence-corrected chi connectivity index (χ0v) is 21.7. The Morgan fingerprint density at radius 3 is 2.46 bits per heavy atom. The highest BCUT2D eigenvalue weighted by molar-refractivity contribution is 7.92. The van der Waals surface area contributed by atoms with Crippen LogP contribution in [-0.4, -0.2) is 63.1 Å². The molecule has 1 amide bonds. The summed E-state index contributed by atoms with van der Waals surface area (Å²) in [7, 11) is -3.79. The van der Waals surface area contributed by atoms with E-state index in [2.05, 4.69) is 19.7 Å². The summed E-state index contributed by atoms with van der Waals surface area (Å²) in [6.45, 7) is 6.81. The summed E-state index contributed by atoms with van der Waals surface area (Å²) in [6.07, 6.45) is 1.71. The zero-order valence-electron chi connectivity index (χ0n) is 20.9. The van der Waals surface area contributed by atoms with E-state index < -0.39 is 10.0 Å². The number of nitrogens with one attached hydrogen (secondary N) is 1. The molecule has 0 unspecified atom stereocenters. The van der Waals surface area contributed by atoms with Crippen LogP contribution in [0.1, 0.15) is 24.6 Å². The van der Waals surface area contributed by atoms with Crippen molar-refractivity contribution in [1.29, 1.82) is 0 Å². The largest absolute Gasteiger partial charge is 0.368 e. The van der Waals surface area contributed by atoms with Crippen LogP contribution in [0.2, 0.25) is 0 Å². The van der Waals surface area contributed by atoms with Crippen molar-refractivity contribution < 1.29 is 22.1 Å². The molecule has 1 fully saturated rings. The molecule has 3 aromatic rings. The van der Waals surface area contributed by atoms with Crippen molar-refractivity contribution in [3.63, 3.8) is 0 Å². The second-order valence-corrected chi connectivity index (χ2v) is 11.2. The van der Waals surface area contributed by atoms with Gasteiger partial charge in [-0.05, 0) is 74.7 Å². The molecule has 2 aromatic carbocycles. The standard InChI is InChI=1S/C26H30FN5O4S/c1-18-16-25(36-28-18)29-37(34,35)23-8-6-22(7-9-23)30-12-14-31(15-13-30)26(33)19(2)32-11-3-4-20-17-21(27)5-10-24(20)32/h5-10,16-17,19,29H,3-4,11-15H2,1-2H3/t19-/m1/s1. The number of carbonyl (C=O) groups is 1. The number of carbonyl (C=O) groups excluding carboxylic acids is 1. The number of hydrogen-bond acceptors (Lipinski definition) is 7. The third-order valence-corrected chi connectivity index (χ3v) is 8.35. The van der Waals surface area contributed by atoms with E-state index in [1.54, 1.807) is 43.3 Å². The molecule has 1 N–H and O–H groups in total. The molecule has 3 heterocycles. The van der Waals surface area contributed by atoms with Gasteiger partial charge in [-0.2, -0.15) is 0 Å². The number of nitrogens with zero attached hydrogens (tertiary/aromatic N) is 4. The van der Waals surface area contributed by atoms with Crippen LogP contribution < -0.4 is 14.5 Å². The van der Waals surface area contributed by atoms with Gasteiger partial charge in [-0.3, -0.25) is 4.79 Å². The number of piperazine rings is 1. The number of amides is 1. The summed E-state index contributed by atoms with van der Waals surface area (Å²) in [5.41, 5.74) is 3.36. The van der Waals surface area contributed by atoms with Gasteiger partial charge in [-0.1, -0.05) is 5.16 Å². The first kappa shape index (κ1) is 25.1. The molecule has 0 bridgehead atoms. The predicted molar refractivity (Wildman–Crippen MR) is 139 cm³/mol. The number of hydrogen-bond donors (Lipinski definition) is 1. The Labute approximate surface area is 215 Å². The fourth-order valence-electron chi connectivity index (χ4n) is 5.02. The third-order valence-electron chi connectivity index (χ3n) is 6.99. The number of benzene rings is 2. The molecule has 1 saturated heterocycles. The molecule has 1 atom stereocenters. The lowest BCUT2D eigenvalue weighted by Crippen LogP contribution is -2.55. The van der Waals surface area contributed by atoms with E-state index in [0.717, 1.165) is 36.3 Å². The van der Waals surface area contributed by atoms with Crippen LogP contribution in [0.5, 0.6) is 0 Å². The molecule has 9 nitrogen and oxygen atoms in total. The highest BCUT2D eigenvalue weighted by Gasteiger charge is 2.31. The molecule has 0 radical (unpaired) electrons. The number of fused-ring (bicyclic) bond motifs is 1. The Bertz CT molecular complexity index is 1380. The Morgan fingerprint density at radius 1 is 1.05 bits per heavy atom. The molecular weight excluding hydrogens is 497 g/mol. The quantitative estimate of drug-likeness (QED) is 0.525. The van der Waals surface area contributed by atoms with Crippen molar-refractivity contribution in [1.82, 2.24) is 10.1 Å². The van der Waals surface area contributed by atoms with Crippen molar-refractivity contribution in [3.8, 4) is 0 Å². The van der Waals surface area contributed by atoms with Gasteiger partial charge < -0.3 is 19.2 Å². The van der Waals surface area contributed by atoms with Gasteiger partial charge in [0.1, 0.15) is 11.9 Å². The van der Waals surface area contributed by atoms with E-state index in [9.17, 15) is 17.6 Å². The average molecular weight is 528 g/mol. The lowest BCUT2D eigenvalue weighted by atomic mass is 9.99. The molecule has 0 saturated carbocycles. The minimum atomic E-state index is -3.79. The van der Waals surface area contributed by atoms with Gasteiger partial charge in [0.15, 0.2) is 0 Å². The van der Waals surface area contributed by atoms with Crippen molar-refractivity contribution in [2.24, 2.45) is 0 Å².